The van der Waals surface area contributed by atoms with E-state index in [0.29, 0.717) is 28.8 Å². The van der Waals surface area contributed by atoms with E-state index in [1.807, 2.05) is 6.92 Å². The maximum absolute atomic E-state index is 5.84. The summed E-state index contributed by atoms with van der Waals surface area (Å²) in [5.74, 6) is 1.67. The van der Waals surface area contributed by atoms with E-state index in [2.05, 4.69) is 9.97 Å². The van der Waals surface area contributed by atoms with Gasteiger partial charge < -0.3 is 15.2 Å². The van der Waals surface area contributed by atoms with Crippen molar-refractivity contribution in [3.8, 4) is 17.4 Å². The number of nitrogens with two attached hydrogens (primary N) is 1. The molecule has 0 bridgehead atoms. The smallest absolute Gasteiger partial charge is 0.240 e. The molecule has 0 aliphatic heterocycles. The second-order valence-electron chi connectivity index (χ2n) is 3.45. The molecule has 88 valence electrons. The van der Waals surface area contributed by atoms with Crippen molar-refractivity contribution in [1.29, 1.82) is 0 Å². The summed E-state index contributed by atoms with van der Waals surface area (Å²) in [5.41, 5.74) is 7.05. The molecule has 5 nitrogen and oxygen atoms in total. The number of aryl methyl sites for hydroxylation is 1. The molecule has 2 rings (SSSR count). The van der Waals surface area contributed by atoms with Crippen LogP contribution in [0, 0.1) is 6.92 Å². The van der Waals surface area contributed by atoms with E-state index in [1.165, 1.54) is 0 Å². The van der Waals surface area contributed by atoms with Crippen LogP contribution in [-0.2, 0) is 0 Å². The molecule has 0 aliphatic carbocycles. The third-order valence-electron chi connectivity index (χ3n) is 2.26. The molecule has 0 atom stereocenters. The Balaban J connectivity index is 2.28. The van der Waals surface area contributed by atoms with Gasteiger partial charge in [-0.25, -0.2) is 4.98 Å². The van der Waals surface area contributed by atoms with Gasteiger partial charge in [0.05, 0.1) is 18.5 Å². The molecular formula is C12H13N3O2. The van der Waals surface area contributed by atoms with E-state index < -0.39 is 0 Å². The van der Waals surface area contributed by atoms with E-state index in [1.54, 1.807) is 37.7 Å². The first-order chi connectivity index (χ1) is 8.20. The summed E-state index contributed by atoms with van der Waals surface area (Å²) in [6.45, 7) is 1.82. The standard InChI is InChI=1S/C12H13N3O2/c1-8-12(15-6-5-14-8)17-11-4-3-9(16-2)7-10(11)13/h3-7H,13H2,1-2H3. The molecule has 2 N–H and O–H groups in total. The maximum atomic E-state index is 5.84. The number of ether oxygens (including phenoxy) is 2. The van der Waals surface area contributed by atoms with E-state index in [0.717, 1.165) is 0 Å². The molecule has 0 spiro atoms. The highest BCUT2D eigenvalue weighted by Crippen LogP contribution is 2.30. The summed E-state index contributed by atoms with van der Waals surface area (Å²) >= 11 is 0. The molecule has 0 unspecified atom stereocenters. The number of rotatable bonds is 3. The van der Waals surface area contributed by atoms with Gasteiger partial charge in [0.1, 0.15) is 5.75 Å². The Bertz CT molecular complexity index is 529. The zero-order chi connectivity index (χ0) is 12.3. The van der Waals surface area contributed by atoms with Crippen molar-refractivity contribution in [3.63, 3.8) is 0 Å². The van der Waals surface area contributed by atoms with Gasteiger partial charge in [-0.15, -0.1) is 0 Å². The Morgan fingerprint density at radius 3 is 2.59 bits per heavy atom. The molecule has 2 aromatic rings. The molecule has 1 heterocycles. The van der Waals surface area contributed by atoms with Crippen LogP contribution in [-0.4, -0.2) is 17.1 Å². The molecule has 0 saturated carbocycles. The van der Waals surface area contributed by atoms with Gasteiger partial charge in [-0.2, -0.15) is 0 Å². The molecule has 0 radical (unpaired) electrons. The molecule has 0 saturated heterocycles. The fourth-order valence-corrected chi connectivity index (χ4v) is 1.35. The summed E-state index contributed by atoms with van der Waals surface area (Å²) in [6.07, 6.45) is 3.18. The minimum absolute atomic E-state index is 0.448. The van der Waals surface area contributed by atoms with Gasteiger partial charge in [-0.3, -0.25) is 4.98 Å². The molecule has 1 aromatic carbocycles. The van der Waals surface area contributed by atoms with Crippen LogP contribution in [0.1, 0.15) is 5.69 Å². The zero-order valence-corrected chi connectivity index (χ0v) is 9.68. The van der Waals surface area contributed by atoms with Crippen LogP contribution in [0.25, 0.3) is 0 Å². The van der Waals surface area contributed by atoms with Crippen LogP contribution < -0.4 is 15.2 Å². The quantitative estimate of drug-likeness (QED) is 0.820. The molecule has 0 amide bonds. The van der Waals surface area contributed by atoms with Gasteiger partial charge in [-0.1, -0.05) is 0 Å². The number of nitrogens with zero attached hydrogens (tertiary/aromatic N) is 2. The first-order valence-corrected chi connectivity index (χ1v) is 5.09. The minimum atomic E-state index is 0.448. The largest absolute Gasteiger partial charge is 0.497 e. The van der Waals surface area contributed by atoms with Gasteiger partial charge in [0.15, 0.2) is 5.75 Å². The molecule has 0 fully saturated rings. The number of hydrogen-bond acceptors (Lipinski definition) is 5. The van der Waals surface area contributed by atoms with E-state index in [9.17, 15) is 0 Å². The molecule has 5 heteroatoms. The van der Waals surface area contributed by atoms with Crippen molar-refractivity contribution < 1.29 is 9.47 Å². The van der Waals surface area contributed by atoms with Crippen LogP contribution in [0.4, 0.5) is 5.69 Å². The SMILES string of the molecule is COc1ccc(Oc2nccnc2C)c(N)c1. The summed E-state index contributed by atoms with van der Waals surface area (Å²) in [6, 6.07) is 5.21. The number of anilines is 1. The predicted octanol–water partition coefficient (Wildman–Crippen LogP) is 2.17. The maximum Gasteiger partial charge on any atom is 0.240 e. The average Bonchev–Trinajstić information content (AvgIpc) is 2.34. The topological polar surface area (TPSA) is 70.3 Å². The van der Waals surface area contributed by atoms with Gasteiger partial charge >= 0.3 is 0 Å². The van der Waals surface area contributed by atoms with Crippen LogP contribution in [0.5, 0.6) is 17.4 Å². The Kier molecular flexibility index (Phi) is 3.09. The predicted molar refractivity (Wildman–Crippen MR) is 64.2 cm³/mol. The van der Waals surface area contributed by atoms with Crippen molar-refractivity contribution in [2.24, 2.45) is 0 Å². The number of methoxy groups -OCH3 is 1. The fraction of sp³-hybridized carbons (Fsp3) is 0.167. The van der Waals surface area contributed by atoms with Gasteiger partial charge in [0.25, 0.3) is 0 Å². The van der Waals surface area contributed by atoms with Crippen LogP contribution in [0.3, 0.4) is 0 Å². The van der Waals surface area contributed by atoms with Crippen molar-refractivity contribution in [2.75, 3.05) is 12.8 Å². The van der Waals surface area contributed by atoms with Crippen molar-refractivity contribution in [2.45, 2.75) is 6.92 Å². The van der Waals surface area contributed by atoms with E-state index in [-0.39, 0.29) is 0 Å². The Hall–Kier alpha value is -2.30. The highest BCUT2D eigenvalue weighted by atomic mass is 16.5. The lowest BCUT2D eigenvalue weighted by atomic mass is 10.3. The summed E-state index contributed by atoms with van der Waals surface area (Å²) in [4.78, 5) is 8.17. The highest BCUT2D eigenvalue weighted by Gasteiger charge is 2.07. The third kappa shape index (κ3) is 2.44. The Morgan fingerprint density at radius 2 is 1.94 bits per heavy atom. The second kappa shape index (κ2) is 4.69. The fourth-order valence-electron chi connectivity index (χ4n) is 1.35. The van der Waals surface area contributed by atoms with Gasteiger partial charge in [0.2, 0.25) is 5.88 Å². The lowest BCUT2D eigenvalue weighted by Gasteiger charge is -2.09. The number of hydrogen-bond donors (Lipinski definition) is 1. The van der Waals surface area contributed by atoms with Crippen molar-refractivity contribution in [1.82, 2.24) is 9.97 Å². The molecule has 1 aromatic heterocycles. The van der Waals surface area contributed by atoms with E-state index in [4.69, 9.17) is 15.2 Å². The third-order valence-corrected chi connectivity index (χ3v) is 2.26. The summed E-state index contributed by atoms with van der Waals surface area (Å²) in [7, 11) is 1.59. The lowest BCUT2D eigenvalue weighted by molar-refractivity contribution is 0.412. The van der Waals surface area contributed by atoms with Gasteiger partial charge in [0, 0.05) is 18.5 Å². The molecular weight excluding hydrogens is 218 g/mol. The molecule has 17 heavy (non-hydrogen) atoms. The summed E-state index contributed by atoms with van der Waals surface area (Å²) in [5, 5.41) is 0. The van der Waals surface area contributed by atoms with Crippen molar-refractivity contribution >= 4 is 5.69 Å². The number of benzene rings is 1. The first kappa shape index (κ1) is 11.2. The number of aromatic nitrogens is 2. The highest BCUT2D eigenvalue weighted by molar-refractivity contribution is 5.57. The lowest BCUT2D eigenvalue weighted by Crippen LogP contribution is -1.97. The van der Waals surface area contributed by atoms with Crippen LogP contribution in [0.2, 0.25) is 0 Å². The average molecular weight is 231 g/mol. The van der Waals surface area contributed by atoms with Crippen LogP contribution in [0.15, 0.2) is 30.6 Å². The van der Waals surface area contributed by atoms with Crippen molar-refractivity contribution in [3.05, 3.63) is 36.3 Å². The normalized spacial score (nSPS) is 10.0. The first-order valence-electron chi connectivity index (χ1n) is 5.09. The monoisotopic (exact) mass is 231 g/mol. The Labute approximate surface area is 99.2 Å². The number of nitrogen functional groups attached to an aromatic ring is 1. The second-order valence-corrected chi connectivity index (χ2v) is 3.45. The van der Waals surface area contributed by atoms with E-state index >= 15 is 0 Å². The molecule has 0 aliphatic rings. The minimum Gasteiger partial charge on any atom is -0.497 e. The van der Waals surface area contributed by atoms with Gasteiger partial charge in [-0.05, 0) is 19.1 Å². The summed E-state index contributed by atoms with van der Waals surface area (Å²) < 4.78 is 10.6. The zero-order valence-electron chi connectivity index (χ0n) is 9.68. The van der Waals surface area contributed by atoms with Crippen LogP contribution >= 0.6 is 0 Å². The Morgan fingerprint density at radius 1 is 1.18 bits per heavy atom.